The Balaban J connectivity index is 1.95. The van der Waals surface area contributed by atoms with Crippen LogP contribution in [0.2, 0.25) is 0 Å². The highest BCUT2D eigenvalue weighted by Gasteiger charge is 2.17. The Morgan fingerprint density at radius 2 is 2.27 bits per heavy atom. The van der Waals surface area contributed by atoms with Crippen LogP contribution in [-0.4, -0.2) is 30.7 Å². The molecule has 0 fully saturated rings. The van der Waals surface area contributed by atoms with E-state index in [1.165, 1.54) is 11.1 Å². The van der Waals surface area contributed by atoms with Gasteiger partial charge in [0.15, 0.2) is 0 Å². The molecule has 116 valence electrons. The van der Waals surface area contributed by atoms with Crippen molar-refractivity contribution in [3.63, 3.8) is 0 Å². The van der Waals surface area contributed by atoms with Crippen molar-refractivity contribution in [2.75, 3.05) is 25.1 Å². The summed E-state index contributed by atoms with van der Waals surface area (Å²) < 4.78 is 5.69. The Morgan fingerprint density at radius 3 is 3.00 bits per heavy atom. The van der Waals surface area contributed by atoms with Crippen LogP contribution in [0.15, 0.2) is 36.0 Å². The fourth-order valence-corrected chi connectivity index (χ4v) is 1.96. The molecule has 0 atom stereocenters. The molecule has 1 amide bonds. The monoisotopic (exact) mass is 300 g/mol. The highest BCUT2D eigenvalue weighted by molar-refractivity contribution is 5.89. The average molecular weight is 300 g/mol. The number of nitrogens with one attached hydrogen (secondary N) is 3. The first-order valence-corrected chi connectivity index (χ1v) is 7.17. The van der Waals surface area contributed by atoms with Crippen LogP contribution < -0.4 is 20.8 Å². The summed E-state index contributed by atoms with van der Waals surface area (Å²) in [6, 6.07) is 9.96. The molecule has 1 heterocycles. The molecule has 0 spiro atoms. The Bertz CT molecular complexity index is 592. The van der Waals surface area contributed by atoms with E-state index < -0.39 is 0 Å². The average Bonchev–Trinajstić information content (AvgIpc) is 2.54. The van der Waals surface area contributed by atoms with E-state index in [0.717, 1.165) is 23.6 Å². The van der Waals surface area contributed by atoms with Gasteiger partial charge in [0.2, 0.25) is 0 Å². The Kier molecular flexibility index (Phi) is 5.55. The predicted octanol–water partition coefficient (Wildman–Crippen LogP) is 1.26. The number of anilines is 1. The van der Waals surface area contributed by atoms with E-state index in [9.17, 15) is 4.79 Å². The van der Waals surface area contributed by atoms with E-state index in [1.54, 1.807) is 0 Å². The highest BCUT2D eigenvalue weighted by Crippen LogP contribution is 2.24. The summed E-state index contributed by atoms with van der Waals surface area (Å²) in [6.45, 7) is 3.56. The van der Waals surface area contributed by atoms with Crippen molar-refractivity contribution < 1.29 is 9.53 Å². The van der Waals surface area contributed by atoms with Gasteiger partial charge < -0.3 is 15.4 Å². The van der Waals surface area contributed by atoms with E-state index in [1.807, 2.05) is 24.3 Å². The smallest absolute Gasteiger partial charge is 0.268 e. The van der Waals surface area contributed by atoms with Crippen LogP contribution in [0.5, 0.6) is 5.75 Å². The molecular weight excluding hydrogens is 280 g/mol. The van der Waals surface area contributed by atoms with E-state index in [-0.39, 0.29) is 5.91 Å². The fourth-order valence-electron chi connectivity index (χ4n) is 1.96. The molecular formula is C16H20N4O2. The number of carbonyl (C=O) groups is 1. The lowest BCUT2D eigenvalue weighted by Gasteiger charge is -2.26. The number of amides is 1. The minimum atomic E-state index is -0.177. The van der Waals surface area contributed by atoms with E-state index in [2.05, 4.69) is 29.0 Å². The summed E-state index contributed by atoms with van der Waals surface area (Å²) in [5, 5.41) is 7.72. The quantitative estimate of drug-likeness (QED) is 0.522. The van der Waals surface area contributed by atoms with Gasteiger partial charge in [0.1, 0.15) is 12.4 Å². The lowest BCUT2D eigenvalue weighted by molar-refractivity contribution is -0.129. The van der Waals surface area contributed by atoms with Crippen LogP contribution in [0.3, 0.4) is 0 Å². The normalized spacial score (nSPS) is 13.7. The van der Waals surface area contributed by atoms with E-state index in [4.69, 9.17) is 11.2 Å². The second-order valence-corrected chi connectivity index (χ2v) is 4.73. The molecule has 0 bridgehead atoms. The molecule has 1 aromatic carbocycles. The van der Waals surface area contributed by atoms with Crippen LogP contribution in [0.25, 0.3) is 0 Å². The third-order valence-electron chi connectivity index (χ3n) is 3.05. The third-order valence-corrected chi connectivity index (χ3v) is 3.05. The summed E-state index contributed by atoms with van der Waals surface area (Å²) in [5.41, 5.74) is 4.22. The topological polar surface area (TPSA) is 65.6 Å². The molecule has 1 aromatic rings. The zero-order chi connectivity index (χ0) is 15.8. The van der Waals surface area contributed by atoms with Gasteiger partial charge in [-0.15, -0.1) is 0 Å². The van der Waals surface area contributed by atoms with Crippen LogP contribution in [0, 0.1) is 12.5 Å². The number of rotatable bonds is 7. The van der Waals surface area contributed by atoms with Crippen molar-refractivity contribution in [1.82, 2.24) is 15.8 Å². The summed E-state index contributed by atoms with van der Waals surface area (Å²) in [6.07, 6.45) is 7.58. The maximum atomic E-state index is 11.8. The minimum absolute atomic E-state index is 0.177. The molecule has 0 unspecified atom stereocenters. The third kappa shape index (κ3) is 4.09. The van der Waals surface area contributed by atoms with Gasteiger partial charge in [-0.2, -0.15) is 0 Å². The molecule has 0 saturated heterocycles. The van der Waals surface area contributed by atoms with Gasteiger partial charge >= 0.3 is 0 Å². The number of hydrogen-bond acceptors (Lipinski definition) is 5. The number of hydrazine groups is 1. The van der Waals surface area contributed by atoms with Crippen molar-refractivity contribution in [1.29, 1.82) is 0 Å². The van der Waals surface area contributed by atoms with E-state index >= 15 is 0 Å². The molecule has 2 rings (SSSR count). The van der Waals surface area contributed by atoms with Crippen LogP contribution in [0.4, 0.5) is 5.69 Å². The molecule has 22 heavy (non-hydrogen) atoms. The number of benzene rings is 1. The molecule has 1 aliphatic heterocycles. The van der Waals surface area contributed by atoms with Gasteiger partial charge in [-0.1, -0.05) is 25.5 Å². The number of terminal acetylenes is 1. The highest BCUT2D eigenvalue weighted by atomic mass is 16.5. The molecule has 6 nitrogen and oxygen atoms in total. The van der Waals surface area contributed by atoms with Crippen LogP contribution >= 0.6 is 0 Å². The second-order valence-electron chi connectivity index (χ2n) is 4.73. The lowest BCUT2D eigenvalue weighted by atomic mass is 10.2. The van der Waals surface area contributed by atoms with Gasteiger partial charge in [0, 0.05) is 17.8 Å². The number of nitrogens with zero attached hydrogens (tertiary/aromatic N) is 1. The molecule has 1 aliphatic rings. The molecule has 0 saturated carbocycles. The second kappa shape index (κ2) is 7.84. The van der Waals surface area contributed by atoms with Crippen molar-refractivity contribution in [3.8, 4) is 18.2 Å². The Labute approximate surface area is 130 Å². The van der Waals surface area contributed by atoms with Crippen molar-refractivity contribution >= 4 is 11.6 Å². The van der Waals surface area contributed by atoms with Gasteiger partial charge in [-0.25, -0.2) is 5.01 Å². The Hall–Kier alpha value is -2.81. The van der Waals surface area contributed by atoms with Crippen molar-refractivity contribution in [2.45, 2.75) is 13.3 Å². The first kappa shape index (κ1) is 15.6. The zero-order valence-electron chi connectivity index (χ0n) is 12.6. The van der Waals surface area contributed by atoms with Gasteiger partial charge in [0.05, 0.1) is 18.8 Å². The molecule has 3 N–H and O–H groups in total. The first-order chi connectivity index (χ1) is 10.7. The maximum Gasteiger partial charge on any atom is 0.268 e. The zero-order valence-corrected chi connectivity index (χ0v) is 12.6. The standard InChI is InChI=1S/C16H20N4O2/c1-3-9-22-15-8-6-5-7-14(15)17-11-13-10-16(21)20(12-18-13)19-4-2/h2,5-8,10,17-19H,3,9,11-12H2,1H3. The number of para-hydroxylation sites is 2. The molecule has 6 heteroatoms. The molecule has 0 aromatic heterocycles. The summed E-state index contributed by atoms with van der Waals surface area (Å²) in [7, 11) is 0. The van der Waals surface area contributed by atoms with Crippen LogP contribution in [-0.2, 0) is 4.79 Å². The fraction of sp³-hybridized carbons (Fsp3) is 0.312. The summed E-state index contributed by atoms with van der Waals surface area (Å²) >= 11 is 0. The number of ether oxygens (including phenoxy) is 1. The van der Waals surface area contributed by atoms with Crippen molar-refractivity contribution in [2.24, 2.45) is 0 Å². The first-order valence-electron chi connectivity index (χ1n) is 7.17. The number of hydrogen-bond donors (Lipinski definition) is 3. The molecule has 0 radical (unpaired) electrons. The number of carbonyl (C=O) groups excluding carboxylic acids is 1. The summed E-state index contributed by atoms with van der Waals surface area (Å²) in [4.78, 5) is 11.8. The van der Waals surface area contributed by atoms with Gasteiger partial charge in [0.25, 0.3) is 5.91 Å². The van der Waals surface area contributed by atoms with Gasteiger partial charge in [-0.3, -0.25) is 10.2 Å². The van der Waals surface area contributed by atoms with Crippen molar-refractivity contribution in [3.05, 3.63) is 36.0 Å². The largest absolute Gasteiger partial charge is 0.491 e. The van der Waals surface area contributed by atoms with Gasteiger partial charge in [-0.05, 0) is 18.6 Å². The minimum Gasteiger partial charge on any atom is -0.491 e. The Morgan fingerprint density at radius 1 is 1.45 bits per heavy atom. The lowest BCUT2D eigenvalue weighted by Crippen LogP contribution is -2.49. The predicted molar refractivity (Wildman–Crippen MR) is 85.6 cm³/mol. The summed E-state index contributed by atoms with van der Waals surface area (Å²) in [5.74, 6) is 0.631. The maximum absolute atomic E-state index is 11.8. The van der Waals surface area contributed by atoms with Crippen LogP contribution in [0.1, 0.15) is 13.3 Å². The SMILES string of the molecule is C#CNN1CNC(CNc2ccccc2OCCC)=CC1=O. The molecule has 0 aliphatic carbocycles. The van der Waals surface area contributed by atoms with E-state index in [0.29, 0.717) is 19.8 Å².